The van der Waals surface area contributed by atoms with Crippen LogP contribution >= 0.6 is 0 Å². The number of nitrogens with two attached hydrogens (primary N) is 1. The number of carboxylic acids is 1. The van der Waals surface area contributed by atoms with E-state index in [1.165, 1.54) is 12.8 Å². The van der Waals surface area contributed by atoms with Crippen LogP contribution in [0, 0.1) is 0 Å². The normalized spacial score (nSPS) is 17.6. The molecule has 1 heterocycles. The molecule has 1 aromatic rings. The maximum Gasteiger partial charge on any atom is 0.320 e. The molecule has 0 radical (unpaired) electrons. The van der Waals surface area contributed by atoms with Gasteiger partial charge in [0.25, 0.3) is 0 Å². The number of carboxylic acid groups (broad SMARTS) is 1. The number of ether oxygens (including phenoxy) is 1. The first kappa shape index (κ1) is 12.8. The lowest BCUT2D eigenvalue weighted by atomic mass is 10.1. The number of nitrogens with zero attached hydrogens (tertiary/aromatic N) is 1. The minimum Gasteiger partial charge on any atom is -0.480 e. The van der Waals surface area contributed by atoms with Crippen molar-refractivity contribution >= 4 is 5.97 Å². The molecule has 1 aliphatic rings. The summed E-state index contributed by atoms with van der Waals surface area (Å²) in [5, 5.41) is 8.72. The molecule has 5 heteroatoms. The van der Waals surface area contributed by atoms with Gasteiger partial charge in [-0.1, -0.05) is 6.07 Å². The Bertz CT molecular complexity index is 399. The molecule has 0 amide bonds. The summed E-state index contributed by atoms with van der Waals surface area (Å²) in [6, 6.07) is 2.72. The molecule has 0 spiro atoms. The molecular formula is C13H18N2O3. The van der Waals surface area contributed by atoms with Gasteiger partial charge in [-0.3, -0.25) is 4.79 Å². The van der Waals surface area contributed by atoms with Crippen LogP contribution in [0.5, 0.6) is 5.88 Å². The zero-order chi connectivity index (χ0) is 13.0. The second-order valence-corrected chi connectivity index (χ2v) is 4.68. The van der Waals surface area contributed by atoms with Gasteiger partial charge in [0.05, 0.1) is 0 Å². The molecule has 3 N–H and O–H groups in total. The summed E-state index contributed by atoms with van der Waals surface area (Å²) >= 11 is 0. The topological polar surface area (TPSA) is 85.4 Å². The van der Waals surface area contributed by atoms with E-state index in [1.807, 2.05) is 6.07 Å². The Morgan fingerprint density at radius 3 is 2.78 bits per heavy atom. The van der Waals surface area contributed by atoms with Crippen LogP contribution in [0.2, 0.25) is 0 Å². The van der Waals surface area contributed by atoms with E-state index in [0.717, 1.165) is 18.4 Å². The number of aliphatic carboxylic acids is 1. The molecular weight excluding hydrogens is 232 g/mol. The van der Waals surface area contributed by atoms with Gasteiger partial charge in [0.2, 0.25) is 5.88 Å². The van der Waals surface area contributed by atoms with E-state index in [4.69, 9.17) is 15.6 Å². The molecule has 1 aliphatic carbocycles. The quantitative estimate of drug-likeness (QED) is 0.824. The van der Waals surface area contributed by atoms with Crippen LogP contribution in [0.3, 0.4) is 0 Å². The minimum absolute atomic E-state index is 0.282. The van der Waals surface area contributed by atoms with Crippen molar-refractivity contribution < 1.29 is 14.6 Å². The fourth-order valence-corrected chi connectivity index (χ4v) is 2.12. The molecule has 2 rings (SSSR count). The maximum atomic E-state index is 10.6. The van der Waals surface area contributed by atoms with E-state index in [1.54, 1.807) is 12.3 Å². The third-order valence-corrected chi connectivity index (χ3v) is 3.16. The van der Waals surface area contributed by atoms with E-state index in [0.29, 0.717) is 5.88 Å². The van der Waals surface area contributed by atoms with E-state index in [-0.39, 0.29) is 12.5 Å². The number of hydrogen-bond donors (Lipinski definition) is 2. The highest BCUT2D eigenvalue weighted by molar-refractivity contribution is 5.73. The van der Waals surface area contributed by atoms with Crippen LogP contribution in [0.15, 0.2) is 18.3 Å². The molecule has 0 aromatic carbocycles. The van der Waals surface area contributed by atoms with Crippen LogP contribution in [-0.4, -0.2) is 28.2 Å². The van der Waals surface area contributed by atoms with Gasteiger partial charge in [-0.2, -0.15) is 0 Å². The lowest BCUT2D eigenvalue weighted by Crippen LogP contribution is -2.32. The van der Waals surface area contributed by atoms with Crippen LogP contribution in [0.25, 0.3) is 0 Å². The molecule has 0 aliphatic heterocycles. The second kappa shape index (κ2) is 5.82. The smallest absolute Gasteiger partial charge is 0.320 e. The standard InChI is InChI=1S/C13H18N2O3/c14-11(13(16)17)7-9-5-6-12(15-8-9)18-10-3-1-2-4-10/h5-6,8,10-11H,1-4,7,14H2,(H,16,17). The lowest BCUT2D eigenvalue weighted by Gasteiger charge is -2.12. The van der Waals surface area contributed by atoms with E-state index < -0.39 is 12.0 Å². The van der Waals surface area contributed by atoms with Crippen molar-refractivity contribution in [3.63, 3.8) is 0 Å². The van der Waals surface area contributed by atoms with Gasteiger partial charge in [-0.15, -0.1) is 0 Å². The number of rotatable bonds is 5. The van der Waals surface area contributed by atoms with Gasteiger partial charge in [-0.25, -0.2) is 4.98 Å². The molecule has 1 aromatic heterocycles. The van der Waals surface area contributed by atoms with Crippen molar-refractivity contribution in [3.05, 3.63) is 23.9 Å². The van der Waals surface area contributed by atoms with Gasteiger partial charge in [-0.05, 0) is 37.7 Å². The molecule has 1 unspecified atom stereocenters. The largest absolute Gasteiger partial charge is 0.480 e. The Hall–Kier alpha value is -1.62. The van der Waals surface area contributed by atoms with Crippen molar-refractivity contribution in [1.29, 1.82) is 0 Å². The van der Waals surface area contributed by atoms with Crippen molar-refractivity contribution in [2.75, 3.05) is 0 Å². The Labute approximate surface area is 106 Å². The average Bonchev–Trinajstić information content (AvgIpc) is 2.84. The SMILES string of the molecule is NC(Cc1ccc(OC2CCCC2)nc1)C(=O)O. The maximum absolute atomic E-state index is 10.6. The summed E-state index contributed by atoms with van der Waals surface area (Å²) in [5.74, 6) is -0.393. The first-order chi connectivity index (χ1) is 8.65. The van der Waals surface area contributed by atoms with Crippen LogP contribution in [0.1, 0.15) is 31.2 Å². The zero-order valence-corrected chi connectivity index (χ0v) is 10.2. The van der Waals surface area contributed by atoms with Gasteiger partial charge >= 0.3 is 5.97 Å². The average molecular weight is 250 g/mol. The number of aromatic nitrogens is 1. The molecule has 1 atom stereocenters. The predicted molar refractivity (Wildman–Crippen MR) is 66.4 cm³/mol. The molecule has 18 heavy (non-hydrogen) atoms. The monoisotopic (exact) mass is 250 g/mol. The third-order valence-electron chi connectivity index (χ3n) is 3.16. The summed E-state index contributed by atoms with van der Waals surface area (Å²) in [4.78, 5) is 14.8. The van der Waals surface area contributed by atoms with Gasteiger partial charge < -0.3 is 15.6 Å². The molecule has 1 saturated carbocycles. The highest BCUT2D eigenvalue weighted by atomic mass is 16.5. The summed E-state index contributed by atoms with van der Waals surface area (Å²) in [5.41, 5.74) is 6.27. The Morgan fingerprint density at radius 1 is 1.50 bits per heavy atom. The third kappa shape index (κ3) is 3.43. The molecule has 1 fully saturated rings. The zero-order valence-electron chi connectivity index (χ0n) is 10.2. The molecule has 0 saturated heterocycles. The van der Waals surface area contributed by atoms with Gasteiger partial charge in [0.15, 0.2) is 0 Å². The minimum atomic E-state index is -0.999. The fraction of sp³-hybridized carbons (Fsp3) is 0.538. The second-order valence-electron chi connectivity index (χ2n) is 4.68. The summed E-state index contributed by atoms with van der Waals surface area (Å²) in [7, 11) is 0. The molecule has 98 valence electrons. The van der Waals surface area contributed by atoms with Crippen LogP contribution in [0.4, 0.5) is 0 Å². The van der Waals surface area contributed by atoms with Crippen LogP contribution in [-0.2, 0) is 11.2 Å². The van der Waals surface area contributed by atoms with E-state index in [2.05, 4.69) is 4.98 Å². The number of hydrogen-bond acceptors (Lipinski definition) is 4. The fourth-order valence-electron chi connectivity index (χ4n) is 2.12. The van der Waals surface area contributed by atoms with Crippen molar-refractivity contribution in [3.8, 4) is 5.88 Å². The molecule has 0 bridgehead atoms. The van der Waals surface area contributed by atoms with Crippen LogP contribution < -0.4 is 10.5 Å². The lowest BCUT2D eigenvalue weighted by molar-refractivity contribution is -0.138. The highest BCUT2D eigenvalue weighted by Crippen LogP contribution is 2.22. The van der Waals surface area contributed by atoms with Crippen molar-refractivity contribution in [2.45, 2.75) is 44.2 Å². The summed E-state index contributed by atoms with van der Waals surface area (Å²) in [6.07, 6.45) is 6.82. The molecule has 5 nitrogen and oxygen atoms in total. The first-order valence-electron chi connectivity index (χ1n) is 6.25. The summed E-state index contributed by atoms with van der Waals surface area (Å²) in [6.45, 7) is 0. The number of carbonyl (C=O) groups is 1. The van der Waals surface area contributed by atoms with Crippen molar-refractivity contribution in [2.24, 2.45) is 5.73 Å². The van der Waals surface area contributed by atoms with Crippen molar-refractivity contribution in [1.82, 2.24) is 4.98 Å². The number of pyridine rings is 1. The van der Waals surface area contributed by atoms with Gasteiger partial charge in [0.1, 0.15) is 12.1 Å². The Kier molecular flexibility index (Phi) is 4.15. The van der Waals surface area contributed by atoms with Gasteiger partial charge in [0, 0.05) is 12.3 Å². The highest BCUT2D eigenvalue weighted by Gasteiger charge is 2.17. The van der Waals surface area contributed by atoms with E-state index in [9.17, 15) is 4.79 Å². The predicted octanol–water partition coefficient (Wildman–Crippen LogP) is 1.36. The van der Waals surface area contributed by atoms with E-state index >= 15 is 0 Å². The first-order valence-corrected chi connectivity index (χ1v) is 6.25. The summed E-state index contributed by atoms with van der Waals surface area (Å²) < 4.78 is 5.72. The Morgan fingerprint density at radius 2 is 2.22 bits per heavy atom. The Balaban J connectivity index is 1.90.